The molecule has 4 nitrogen and oxygen atoms in total. The van der Waals surface area contributed by atoms with Crippen LogP contribution in [0, 0.1) is 5.92 Å². The van der Waals surface area contributed by atoms with Gasteiger partial charge in [-0.15, -0.1) is 0 Å². The first-order valence-electron chi connectivity index (χ1n) is 5.89. The second kappa shape index (κ2) is 4.28. The first-order valence-corrected chi connectivity index (χ1v) is 6.65. The Bertz CT molecular complexity index is 508. The van der Waals surface area contributed by atoms with Crippen LogP contribution in [0.4, 0.5) is 5.69 Å². The molecule has 0 aliphatic carbocycles. The second-order valence-electron chi connectivity index (χ2n) is 4.87. The highest BCUT2D eigenvalue weighted by Crippen LogP contribution is 2.35. The Morgan fingerprint density at radius 2 is 2.17 bits per heavy atom. The van der Waals surface area contributed by atoms with Crippen molar-refractivity contribution in [1.29, 1.82) is 0 Å². The Kier molecular flexibility index (Phi) is 2.87. The third kappa shape index (κ3) is 1.84. The van der Waals surface area contributed by atoms with Crippen LogP contribution in [0.2, 0.25) is 10.2 Å². The first kappa shape index (κ1) is 12.1. The van der Waals surface area contributed by atoms with E-state index in [-0.39, 0.29) is 5.91 Å². The fraction of sp³-hybridized carbons (Fsp3) is 0.500. The van der Waals surface area contributed by atoms with Crippen molar-refractivity contribution in [1.82, 2.24) is 9.88 Å². The molecule has 18 heavy (non-hydrogen) atoms. The van der Waals surface area contributed by atoms with Gasteiger partial charge in [0.2, 0.25) is 5.91 Å². The highest BCUT2D eigenvalue weighted by atomic mass is 35.5. The molecular weight excluding hydrogens is 273 g/mol. The Labute approximate surface area is 115 Å². The molecular formula is C12H13Cl2N3O. The Hall–Kier alpha value is -1.000. The maximum Gasteiger partial charge on any atom is 0.219 e. The molecule has 0 aromatic carbocycles. The monoisotopic (exact) mass is 285 g/mol. The molecule has 3 heterocycles. The van der Waals surface area contributed by atoms with Crippen LogP contribution in [0.3, 0.4) is 0 Å². The summed E-state index contributed by atoms with van der Waals surface area (Å²) in [7, 11) is 0. The number of anilines is 1. The van der Waals surface area contributed by atoms with Gasteiger partial charge in [-0.3, -0.25) is 4.79 Å². The van der Waals surface area contributed by atoms with E-state index >= 15 is 0 Å². The topological polar surface area (TPSA) is 36.4 Å². The summed E-state index contributed by atoms with van der Waals surface area (Å²) < 4.78 is 0. The molecule has 0 N–H and O–H groups in total. The SMILES string of the molecule is CC(=O)N1C[C@@H]2CN(c3cnc(Cl)c(Cl)c3)C[C@H]21. The fourth-order valence-electron chi connectivity index (χ4n) is 2.79. The quantitative estimate of drug-likeness (QED) is 0.741. The molecule has 0 saturated carbocycles. The molecule has 0 bridgehead atoms. The minimum Gasteiger partial charge on any atom is -0.368 e. The van der Waals surface area contributed by atoms with Gasteiger partial charge in [0, 0.05) is 32.5 Å². The van der Waals surface area contributed by atoms with Crippen molar-refractivity contribution in [2.75, 3.05) is 24.5 Å². The van der Waals surface area contributed by atoms with E-state index in [1.807, 2.05) is 11.0 Å². The number of aromatic nitrogens is 1. The van der Waals surface area contributed by atoms with Crippen LogP contribution in [-0.2, 0) is 4.79 Å². The van der Waals surface area contributed by atoms with Gasteiger partial charge in [-0.25, -0.2) is 4.98 Å². The third-order valence-electron chi connectivity index (χ3n) is 3.79. The summed E-state index contributed by atoms with van der Waals surface area (Å²) in [5.74, 6) is 0.730. The lowest BCUT2D eigenvalue weighted by atomic mass is 9.92. The number of rotatable bonds is 1. The summed E-state index contributed by atoms with van der Waals surface area (Å²) in [4.78, 5) is 19.6. The summed E-state index contributed by atoms with van der Waals surface area (Å²) in [6.07, 6.45) is 1.73. The number of fused-ring (bicyclic) bond motifs is 1. The molecule has 6 heteroatoms. The van der Waals surface area contributed by atoms with Crippen LogP contribution < -0.4 is 4.90 Å². The minimum atomic E-state index is 0.158. The molecule has 2 aliphatic heterocycles. The maximum atomic E-state index is 11.4. The van der Waals surface area contributed by atoms with Crippen molar-refractivity contribution in [2.45, 2.75) is 13.0 Å². The number of nitrogens with zero attached hydrogens (tertiary/aromatic N) is 3. The van der Waals surface area contributed by atoms with Gasteiger partial charge in [0.1, 0.15) is 5.15 Å². The smallest absolute Gasteiger partial charge is 0.219 e. The first-order chi connectivity index (χ1) is 8.56. The number of carbonyl (C=O) groups excluding carboxylic acids is 1. The van der Waals surface area contributed by atoms with Crippen molar-refractivity contribution in [3.8, 4) is 0 Å². The van der Waals surface area contributed by atoms with Crippen molar-refractivity contribution in [3.05, 3.63) is 22.4 Å². The van der Waals surface area contributed by atoms with Crippen LogP contribution >= 0.6 is 23.2 Å². The summed E-state index contributed by atoms with van der Waals surface area (Å²) >= 11 is 11.8. The van der Waals surface area contributed by atoms with Gasteiger partial charge in [-0.2, -0.15) is 0 Å². The fourth-order valence-corrected chi connectivity index (χ4v) is 3.06. The average molecular weight is 286 g/mol. The lowest BCUT2D eigenvalue weighted by Gasteiger charge is -2.42. The molecule has 2 atom stereocenters. The van der Waals surface area contributed by atoms with E-state index in [9.17, 15) is 4.79 Å². The van der Waals surface area contributed by atoms with Crippen LogP contribution in [-0.4, -0.2) is 41.5 Å². The van der Waals surface area contributed by atoms with Crippen molar-refractivity contribution in [2.24, 2.45) is 5.92 Å². The van der Waals surface area contributed by atoms with E-state index < -0.39 is 0 Å². The molecule has 96 valence electrons. The number of amides is 1. The predicted octanol–water partition coefficient (Wildman–Crippen LogP) is 2.06. The molecule has 1 aromatic heterocycles. The van der Waals surface area contributed by atoms with E-state index in [1.54, 1.807) is 13.1 Å². The van der Waals surface area contributed by atoms with Crippen molar-refractivity contribution in [3.63, 3.8) is 0 Å². The lowest BCUT2D eigenvalue weighted by Crippen LogP contribution is -2.57. The van der Waals surface area contributed by atoms with Crippen LogP contribution in [0.1, 0.15) is 6.92 Å². The third-order valence-corrected chi connectivity index (χ3v) is 4.48. The Morgan fingerprint density at radius 3 is 2.83 bits per heavy atom. The van der Waals surface area contributed by atoms with Crippen molar-refractivity contribution < 1.29 is 4.79 Å². The highest BCUT2D eigenvalue weighted by Gasteiger charge is 2.46. The van der Waals surface area contributed by atoms with E-state index in [0.29, 0.717) is 22.1 Å². The zero-order valence-corrected chi connectivity index (χ0v) is 11.4. The Morgan fingerprint density at radius 1 is 1.39 bits per heavy atom. The molecule has 1 amide bonds. The molecule has 0 radical (unpaired) electrons. The maximum absolute atomic E-state index is 11.4. The molecule has 2 fully saturated rings. The Balaban J connectivity index is 1.76. The van der Waals surface area contributed by atoms with Gasteiger partial charge < -0.3 is 9.80 Å². The normalized spacial score (nSPS) is 25.9. The van der Waals surface area contributed by atoms with E-state index in [2.05, 4.69) is 9.88 Å². The van der Waals surface area contributed by atoms with E-state index in [0.717, 1.165) is 25.3 Å². The number of hydrogen-bond acceptors (Lipinski definition) is 3. The van der Waals surface area contributed by atoms with Gasteiger partial charge >= 0.3 is 0 Å². The molecule has 2 aliphatic rings. The summed E-state index contributed by atoms with van der Waals surface area (Å²) in [5, 5.41) is 0.796. The van der Waals surface area contributed by atoms with E-state index in [4.69, 9.17) is 23.2 Å². The molecule has 0 spiro atoms. The predicted molar refractivity (Wildman–Crippen MR) is 71.1 cm³/mol. The number of halogens is 2. The van der Waals surface area contributed by atoms with Crippen molar-refractivity contribution >= 4 is 34.8 Å². The summed E-state index contributed by atoms with van der Waals surface area (Å²) in [5.41, 5.74) is 0.974. The van der Waals surface area contributed by atoms with Crippen LogP contribution in [0.5, 0.6) is 0 Å². The van der Waals surface area contributed by atoms with Gasteiger partial charge in [0.05, 0.1) is 22.9 Å². The van der Waals surface area contributed by atoms with Gasteiger partial charge in [-0.1, -0.05) is 23.2 Å². The lowest BCUT2D eigenvalue weighted by molar-refractivity contribution is -0.138. The van der Waals surface area contributed by atoms with Gasteiger partial charge in [0.15, 0.2) is 0 Å². The standard InChI is InChI=1S/C12H13Cl2N3O/c1-7(18)17-5-8-4-16(6-11(8)17)9-2-10(13)12(14)15-3-9/h2-3,8,11H,4-6H2,1H3/t8-,11+/m0/s1. The summed E-state index contributed by atoms with van der Waals surface area (Å²) in [6, 6.07) is 2.18. The zero-order valence-electron chi connectivity index (χ0n) is 9.94. The minimum absolute atomic E-state index is 0.158. The number of likely N-dealkylation sites (tertiary alicyclic amines) is 1. The molecule has 3 rings (SSSR count). The summed E-state index contributed by atoms with van der Waals surface area (Å²) in [6.45, 7) is 4.29. The van der Waals surface area contributed by atoms with E-state index in [1.165, 1.54) is 0 Å². The average Bonchev–Trinajstić information content (AvgIpc) is 2.60. The number of carbonyl (C=O) groups is 1. The van der Waals surface area contributed by atoms with Crippen LogP contribution in [0.15, 0.2) is 12.3 Å². The van der Waals surface area contributed by atoms with Gasteiger partial charge in [-0.05, 0) is 6.07 Å². The van der Waals surface area contributed by atoms with Crippen LogP contribution in [0.25, 0.3) is 0 Å². The molecule has 0 unspecified atom stereocenters. The largest absolute Gasteiger partial charge is 0.368 e. The highest BCUT2D eigenvalue weighted by molar-refractivity contribution is 6.41. The number of pyridine rings is 1. The van der Waals surface area contributed by atoms with Gasteiger partial charge in [0.25, 0.3) is 0 Å². The zero-order chi connectivity index (χ0) is 12.9. The number of hydrogen-bond donors (Lipinski definition) is 0. The molecule has 1 aromatic rings. The molecule has 2 saturated heterocycles. The second-order valence-corrected chi connectivity index (χ2v) is 5.64.